The van der Waals surface area contributed by atoms with E-state index in [-0.39, 0.29) is 24.6 Å². The van der Waals surface area contributed by atoms with Gasteiger partial charge in [-0.1, -0.05) is 6.92 Å². The molecule has 0 saturated carbocycles. The highest BCUT2D eigenvalue weighted by Crippen LogP contribution is 2.37. The third-order valence-corrected chi connectivity index (χ3v) is 6.40. The first-order valence-electron chi connectivity index (χ1n) is 9.42. The van der Waals surface area contributed by atoms with Crippen molar-refractivity contribution in [2.45, 2.75) is 76.1 Å². The van der Waals surface area contributed by atoms with Crippen LogP contribution in [-0.2, 0) is 60.6 Å². The van der Waals surface area contributed by atoms with Crippen molar-refractivity contribution in [3.05, 3.63) is 0 Å². The second-order valence-electron chi connectivity index (χ2n) is 7.10. The topological polar surface area (TPSA) is 225 Å². The molecule has 202 valence electrons. The van der Waals surface area contributed by atoms with Crippen LogP contribution in [0.25, 0.3) is 0 Å². The Balaban J connectivity index is 2.33. The van der Waals surface area contributed by atoms with E-state index < -0.39 is 71.6 Å². The maximum atomic E-state index is 11.3. The Morgan fingerprint density at radius 1 is 0.853 bits per heavy atom. The van der Waals surface area contributed by atoms with Crippen molar-refractivity contribution in [1.29, 1.82) is 0 Å². The summed E-state index contributed by atoms with van der Waals surface area (Å²) in [6.07, 6.45) is -11.3. The van der Waals surface area contributed by atoms with E-state index in [0.717, 1.165) is 0 Å². The Morgan fingerprint density at radius 2 is 1.38 bits per heavy atom. The summed E-state index contributed by atoms with van der Waals surface area (Å²) in [6, 6.07) is 0. The Bertz CT molecular complexity index is 699. The standard InChI is InChI=1S/C14H26O17S3/c1-5-6(2)22-14(11(25-32-30-28-16)9(5)27-34(18,19)20)24-10-8(15)7(3)23-13(21-4)12(10)26-33-31-29-17/h5-17H,1-4H3,(H,18,19,20)/p-3/t5?,6?,7?,8-,9+,10+,11?,12?,13-,14+/m1/s1. The van der Waals surface area contributed by atoms with E-state index in [1.54, 1.807) is 6.92 Å². The lowest BCUT2D eigenvalue weighted by Gasteiger charge is -2.47. The molecule has 34 heavy (non-hydrogen) atoms. The SMILES string of the molecule is CO[C@@H]1OC(C)[C@@H](O)[C@H](O[C@@H]2OC(C)C(C)[C@H](OS(=O)(=O)[O-])C2OSOO[O-])C1OSOO[O-]. The van der Waals surface area contributed by atoms with Gasteiger partial charge >= 0.3 is 0 Å². The van der Waals surface area contributed by atoms with Crippen molar-refractivity contribution in [3.8, 4) is 0 Å². The average Bonchev–Trinajstić information content (AvgIpc) is 2.77. The number of aliphatic hydroxyl groups excluding tert-OH is 1. The van der Waals surface area contributed by atoms with Crippen LogP contribution >= 0.6 is 24.6 Å². The monoisotopic (exact) mass is 559 g/mol. The minimum Gasteiger partial charge on any atom is -0.726 e. The van der Waals surface area contributed by atoms with Crippen LogP contribution in [-0.4, -0.2) is 80.5 Å². The van der Waals surface area contributed by atoms with Crippen molar-refractivity contribution in [2.75, 3.05) is 7.11 Å². The molecule has 0 aromatic heterocycles. The van der Waals surface area contributed by atoms with Crippen LogP contribution in [0, 0.1) is 5.92 Å². The van der Waals surface area contributed by atoms with E-state index in [0.29, 0.717) is 0 Å². The fourth-order valence-corrected chi connectivity index (χ4v) is 4.60. The van der Waals surface area contributed by atoms with Crippen molar-refractivity contribution < 1.29 is 78.8 Å². The zero-order chi connectivity index (χ0) is 25.5. The lowest BCUT2D eigenvalue weighted by atomic mass is 9.91. The number of rotatable bonds is 13. The molecule has 0 aromatic rings. The molecular formula is C14H23O17S3-3. The Labute approximate surface area is 203 Å². The molecule has 0 bridgehead atoms. The molecule has 10 atom stereocenters. The smallest absolute Gasteiger partial charge is 0.218 e. The summed E-state index contributed by atoms with van der Waals surface area (Å²) >= 11 is 0.0889. The van der Waals surface area contributed by atoms with Crippen molar-refractivity contribution in [1.82, 2.24) is 0 Å². The van der Waals surface area contributed by atoms with Gasteiger partial charge in [-0.3, -0.25) is 22.6 Å². The molecule has 0 aromatic carbocycles. The van der Waals surface area contributed by atoms with Gasteiger partial charge in [0.25, 0.3) is 0 Å². The van der Waals surface area contributed by atoms with Gasteiger partial charge in [0.15, 0.2) is 49.4 Å². The maximum absolute atomic E-state index is 11.3. The quantitative estimate of drug-likeness (QED) is 0.0624. The van der Waals surface area contributed by atoms with Crippen LogP contribution in [0.3, 0.4) is 0 Å². The molecule has 0 amide bonds. The number of methoxy groups -OCH3 is 1. The molecular weight excluding hydrogens is 536 g/mol. The van der Waals surface area contributed by atoms with Gasteiger partial charge in [-0.25, -0.2) is 8.42 Å². The first-order chi connectivity index (χ1) is 16.0. The van der Waals surface area contributed by atoms with Gasteiger partial charge in [-0.15, -0.1) is 8.67 Å². The van der Waals surface area contributed by atoms with Crippen molar-refractivity contribution in [2.24, 2.45) is 5.92 Å². The van der Waals surface area contributed by atoms with Gasteiger partial charge in [0.1, 0.15) is 18.3 Å². The summed E-state index contributed by atoms with van der Waals surface area (Å²) in [6.45, 7) is 4.55. The minimum atomic E-state index is -5.22. The Morgan fingerprint density at radius 3 is 1.88 bits per heavy atom. The average molecular weight is 560 g/mol. The molecule has 1 N–H and O–H groups in total. The van der Waals surface area contributed by atoms with Crippen LogP contribution in [0.1, 0.15) is 20.8 Å². The zero-order valence-corrected chi connectivity index (χ0v) is 20.4. The Hall–Kier alpha value is 0.0500. The molecule has 20 heteroatoms. The van der Waals surface area contributed by atoms with Crippen LogP contribution < -0.4 is 10.5 Å². The van der Waals surface area contributed by atoms with Gasteiger partial charge in [0.2, 0.25) is 10.4 Å². The van der Waals surface area contributed by atoms with E-state index >= 15 is 0 Å². The van der Waals surface area contributed by atoms with E-state index in [2.05, 4.69) is 22.9 Å². The lowest BCUT2D eigenvalue weighted by Crippen LogP contribution is -2.63. The van der Waals surface area contributed by atoms with Crippen molar-refractivity contribution >= 4 is 35.0 Å². The van der Waals surface area contributed by atoms with E-state index in [1.165, 1.54) is 21.0 Å². The van der Waals surface area contributed by atoms with Gasteiger partial charge < -0.3 is 39.1 Å². The van der Waals surface area contributed by atoms with E-state index in [1.807, 2.05) is 0 Å². The summed E-state index contributed by atoms with van der Waals surface area (Å²) in [4.78, 5) is 0. The third-order valence-electron chi connectivity index (χ3n) is 5.12. The summed E-state index contributed by atoms with van der Waals surface area (Å²) in [5.41, 5.74) is 0. The molecule has 2 saturated heterocycles. The fourth-order valence-electron chi connectivity index (χ4n) is 3.36. The largest absolute Gasteiger partial charge is 0.726 e. The second-order valence-corrected chi connectivity index (χ2v) is 9.04. The predicted octanol–water partition coefficient (Wildman–Crippen LogP) is -2.31. The van der Waals surface area contributed by atoms with Gasteiger partial charge in [-0.05, 0) is 13.8 Å². The normalized spacial score (nSPS) is 39.3. The Kier molecular flexibility index (Phi) is 12.6. The minimum absolute atomic E-state index is 0.00747. The molecule has 0 aliphatic carbocycles. The van der Waals surface area contributed by atoms with Crippen LogP contribution in [0.4, 0.5) is 0 Å². The number of hydrogen-bond acceptors (Lipinski definition) is 19. The van der Waals surface area contributed by atoms with Gasteiger partial charge in [-0.2, -0.15) is 0 Å². The first-order valence-corrected chi connectivity index (χ1v) is 12.1. The van der Waals surface area contributed by atoms with Crippen LogP contribution in [0.15, 0.2) is 0 Å². The summed E-state index contributed by atoms with van der Waals surface area (Å²) in [5.74, 6) is -0.738. The summed E-state index contributed by atoms with van der Waals surface area (Å²) in [5, 5.41) is 37.3. The third kappa shape index (κ3) is 8.29. The second kappa shape index (κ2) is 14.1. The summed E-state index contributed by atoms with van der Waals surface area (Å²) < 4.78 is 79.5. The van der Waals surface area contributed by atoms with Gasteiger partial charge in [0, 0.05) is 13.0 Å². The van der Waals surface area contributed by atoms with Gasteiger partial charge in [0.05, 0.1) is 12.2 Å². The maximum Gasteiger partial charge on any atom is 0.218 e. The highest BCUT2D eigenvalue weighted by molar-refractivity contribution is 7.89. The zero-order valence-electron chi connectivity index (χ0n) is 18.0. The number of aliphatic hydroxyl groups is 1. The van der Waals surface area contributed by atoms with Crippen LogP contribution in [0.5, 0.6) is 0 Å². The molecule has 0 spiro atoms. The molecule has 2 aliphatic rings. The molecule has 2 aliphatic heterocycles. The predicted molar refractivity (Wildman–Crippen MR) is 99.6 cm³/mol. The lowest BCUT2D eigenvalue weighted by molar-refractivity contribution is -0.778. The molecule has 0 radical (unpaired) electrons. The molecule has 17 nitrogen and oxygen atoms in total. The highest BCUT2D eigenvalue weighted by atomic mass is 32.3. The van der Waals surface area contributed by atoms with Crippen molar-refractivity contribution in [3.63, 3.8) is 0 Å². The van der Waals surface area contributed by atoms with E-state index in [4.69, 9.17) is 27.3 Å². The highest BCUT2D eigenvalue weighted by Gasteiger charge is 2.52. The van der Waals surface area contributed by atoms with Crippen LogP contribution in [0.2, 0.25) is 0 Å². The number of ether oxygens (including phenoxy) is 4. The fraction of sp³-hybridized carbons (Fsp3) is 1.00. The molecule has 5 unspecified atom stereocenters. The van der Waals surface area contributed by atoms with E-state index in [9.17, 15) is 28.6 Å². The first kappa shape index (κ1) is 30.3. The number of hydrogen-bond donors (Lipinski definition) is 1. The molecule has 2 rings (SSSR count). The molecule has 2 heterocycles. The summed E-state index contributed by atoms with van der Waals surface area (Å²) in [7, 11) is -3.95. The molecule has 2 fully saturated rings.